The number of benzene rings is 3. The summed E-state index contributed by atoms with van der Waals surface area (Å²) in [6.07, 6.45) is 1.28. The Kier molecular flexibility index (Phi) is 6.04. The largest absolute Gasteiger partial charge is 0.490 e. The predicted molar refractivity (Wildman–Crippen MR) is 121 cm³/mol. The van der Waals surface area contributed by atoms with Crippen LogP contribution in [0.1, 0.15) is 22.3 Å². The van der Waals surface area contributed by atoms with Gasteiger partial charge < -0.3 is 19.9 Å². The minimum Gasteiger partial charge on any atom is -0.490 e. The van der Waals surface area contributed by atoms with Crippen molar-refractivity contribution in [3.05, 3.63) is 88.7 Å². The van der Waals surface area contributed by atoms with Crippen molar-refractivity contribution in [1.82, 2.24) is 0 Å². The van der Waals surface area contributed by atoms with Crippen molar-refractivity contribution in [2.24, 2.45) is 0 Å². The Bertz CT molecular complexity index is 1120. The maximum Gasteiger partial charge on any atom is 0.330 e. The van der Waals surface area contributed by atoms with Crippen LogP contribution in [-0.4, -0.2) is 30.3 Å². The van der Waals surface area contributed by atoms with E-state index in [-0.39, 0.29) is 11.5 Å². The van der Waals surface area contributed by atoms with Crippen LogP contribution in [-0.2, 0) is 24.1 Å². The standard InChI is InChI=1S/C26H26FNO4/c1-17-6-5-7-18(12-17)10-11-32-23-14-21(13-22(27)24(23)31-2)28-26(25(29)30)15-19-8-3-4-9-20(19)16-26/h3-9,12-14,28H,10-11,15-16H2,1-2H3,(H,29,30). The number of nitrogens with one attached hydrogen (secondary N) is 1. The average Bonchev–Trinajstić information content (AvgIpc) is 3.13. The highest BCUT2D eigenvalue weighted by Crippen LogP contribution is 2.38. The first-order valence-electron chi connectivity index (χ1n) is 10.5. The van der Waals surface area contributed by atoms with Crippen LogP contribution in [0.25, 0.3) is 0 Å². The second kappa shape index (κ2) is 8.91. The van der Waals surface area contributed by atoms with Gasteiger partial charge in [0.1, 0.15) is 5.54 Å². The number of carboxylic acids is 1. The summed E-state index contributed by atoms with van der Waals surface area (Å²) in [5, 5.41) is 13.1. The number of hydrogen-bond donors (Lipinski definition) is 2. The Morgan fingerprint density at radius 2 is 1.81 bits per heavy atom. The summed E-state index contributed by atoms with van der Waals surface area (Å²) in [4.78, 5) is 12.2. The molecule has 3 aromatic rings. The van der Waals surface area contributed by atoms with Crippen LogP contribution in [0.2, 0.25) is 0 Å². The molecule has 0 saturated carbocycles. The summed E-state index contributed by atoms with van der Waals surface area (Å²) >= 11 is 0. The van der Waals surface area contributed by atoms with Crippen LogP contribution >= 0.6 is 0 Å². The van der Waals surface area contributed by atoms with Crippen LogP contribution in [0.5, 0.6) is 11.5 Å². The average molecular weight is 435 g/mol. The number of carbonyl (C=O) groups is 1. The molecule has 0 aromatic heterocycles. The molecule has 0 bridgehead atoms. The van der Waals surface area contributed by atoms with Crippen LogP contribution in [0.15, 0.2) is 60.7 Å². The molecule has 0 saturated heterocycles. The van der Waals surface area contributed by atoms with Gasteiger partial charge in [0.2, 0.25) is 0 Å². The smallest absolute Gasteiger partial charge is 0.330 e. The molecule has 0 heterocycles. The Morgan fingerprint density at radius 1 is 1.09 bits per heavy atom. The lowest BCUT2D eigenvalue weighted by Gasteiger charge is -2.27. The van der Waals surface area contributed by atoms with Crippen molar-refractivity contribution in [3.8, 4) is 11.5 Å². The van der Waals surface area contributed by atoms with E-state index < -0.39 is 17.3 Å². The van der Waals surface area contributed by atoms with Gasteiger partial charge in [-0.15, -0.1) is 0 Å². The first kappa shape index (κ1) is 21.7. The number of hydrogen-bond acceptors (Lipinski definition) is 4. The molecule has 0 unspecified atom stereocenters. The number of methoxy groups -OCH3 is 1. The molecule has 4 rings (SSSR count). The molecule has 6 heteroatoms. The molecular weight excluding hydrogens is 409 g/mol. The van der Waals surface area contributed by atoms with E-state index in [0.717, 1.165) is 22.3 Å². The molecule has 0 fully saturated rings. The highest BCUT2D eigenvalue weighted by Gasteiger charge is 2.44. The Hall–Kier alpha value is -3.54. The summed E-state index contributed by atoms with van der Waals surface area (Å²) in [6, 6.07) is 18.6. The van der Waals surface area contributed by atoms with Gasteiger partial charge in [0.05, 0.1) is 13.7 Å². The van der Waals surface area contributed by atoms with E-state index in [1.807, 2.05) is 49.4 Å². The van der Waals surface area contributed by atoms with Gasteiger partial charge in [0, 0.05) is 37.1 Å². The van der Waals surface area contributed by atoms with E-state index in [9.17, 15) is 14.3 Å². The second-order valence-electron chi connectivity index (χ2n) is 8.21. The van der Waals surface area contributed by atoms with Gasteiger partial charge in [-0.2, -0.15) is 0 Å². The van der Waals surface area contributed by atoms with E-state index in [2.05, 4.69) is 11.4 Å². The van der Waals surface area contributed by atoms with E-state index in [0.29, 0.717) is 31.6 Å². The van der Waals surface area contributed by atoms with Crippen molar-refractivity contribution >= 4 is 11.7 Å². The van der Waals surface area contributed by atoms with Crippen molar-refractivity contribution in [3.63, 3.8) is 0 Å². The molecule has 5 nitrogen and oxygen atoms in total. The lowest BCUT2D eigenvalue weighted by atomic mass is 9.95. The maximum absolute atomic E-state index is 14.8. The fourth-order valence-corrected chi connectivity index (χ4v) is 4.28. The molecule has 2 N–H and O–H groups in total. The van der Waals surface area contributed by atoms with Gasteiger partial charge in [0.15, 0.2) is 17.3 Å². The first-order chi connectivity index (χ1) is 15.4. The molecule has 0 amide bonds. The number of rotatable bonds is 8. The number of halogens is 1. The summed E-state index contributed by atoms with van der Waals surface area (Å²) in [7, 11) is 1.38. The molecule has 0 radical (unpaired) electrons. The lowest BCUT2D eigenvalue weighted by molar-refractivity contribution is -0.142. The van der Waals surface area contributed by atoms with E-state index in [1.54, 1.807) is 6.07 Å². The molecule has 0 spiro atoms. The fraction of sp³-hybridized carbons (Fsp3) is 0.269. The molecule has 166 valence electrons. The molecule has 1 aliphatic rings. The zero-order valence-corrected chi connectivity index (χ0v) is 18.2. The Labute approximate surface area is 186 Å². The zero-order valence-electron chi connectivity index (χ0n) is 18.2. The Balaban J connectivity index is 1.55. The van der Waals surface area contributed by atoms with Crippen LogP contribution in [0, 0.1) is 12.7 Å². The molecular formula is C26H26FNO4. The van der Waals surface area contributed by atoms with Gasteiger partial charge in [-0.25, -0.2) is 9.18 Å². The van der Waals surface area contributed by atoms with E-state index >= 15 is 0 Å². The second-order valence-corrected chi connectivity index (χ2v) is 8.21. The van der Waals surface area contributed by atoms with Gasteiger partial charge in [-0.05, 0) is 23.6 Å². The molecule has 0 aliphatic heterocycles. The number of ether oxygens (including phenoxy) is 2. The number of aliphatic carboxylic acids is 1. The highest BCUT2D eigenvalue weighted by atomic mass is 19.1. The lowest BCUT2D eigenvalue weighted by Crippen LogP contribution is -2.47. The number of anilines is 1. The van der Waals surface area contributed by atoms with Crippen molar-refractivity contribution < 1.29 is 23.8 Å². The van der Waals surface area contributed by atoms with Crippen LogP contribution in [0.3, 0.4) is 0 Å². The number of fused-ring (bicyclic) bond motifs is 1. The van der Waals surface area contributed by atoms with Crippen molar-refractivity contribution in [1.29, 1.82) is 0 Å². The third kappa shape index (κ3) is 4.40. The topological polar surface area (TPSA) is 67.8 Å². The molecule has 1 aliphatic carbocycles. The van der Waals surface area contributed by atoms with Gasteiger partial charge in [-0.1, -0.05) is 54.1 Å². The summed E-state index contributed by atoms with van der Waals surface area (Å²) < 4.78 is 25.8. The summed E-state index contributed by atoms with van der Waals surface area (Å²) in [5.41, 5.74) is 3.33. The normalized spacial score (nSPS) is 14.0. The fourth-order valence-electron chi connectivity index (χ4n) is 4.28. The first-order valence-corrected chi connectivity index (χ1v) is 10.5. The number of carboxylic acid groups (broad SMARTS) is 1. The zero-order chi connectivity index (χ0) is 22.7. The number of aryl methyl sites for hydroxylation is 1. The SMILES string of the molecule is COc1c(F)cc(NC2(C(=O)O)Cc3ccccc3C2)cc1OCCc1cccc(C)c1. The predicted octanol–water partition coefficient (Wildman–Crippen LogP) is 4.80. The molecule has 0 atom stereocenters. The van der Waals surface area contributed by atoms with Crippen LogP contribution < -0.4 is 14.8 Å². The summed E-state index contributed by atoms with van der Waals surface area (Å²) in [6.45, 7) is 2.36. The third-order valence-electron chi connectivity index (χ3n) is 5.84. The maximum atomic E-state index is 14.8. The van der Waals surface area contributed by atoms with Gasteiger partial charge in [-0.3, -0.25) is 0 Å². The third-order valence-corrected chi connectivity index (χ3v) is 5.84. The quantitative estimate of drug-likeness (QED) is 0.532. The Morgan fingerprint density at radius 3 is 2.44 bits per heavy atom. The van der Waals surface area contributed by atoms with E-state index in [1.165, 1.54) is 13.2 Å². The monoisotopic (exact) mass is 435 g/mol. The van der Waals surface area contributed by atoms with Gasteiger partial charge >= 0.3 is 5.97 Å². The molecule has 32 heavy (non-hydrogen) atoms. The van der Waals surface area contributed by atoms with Gasteiger partial charge in [0.25, 0.3) is 0 Å². The van der Waals surface area contributed by atoms with Crippen molar-refractivity contribution in [2.75, 3.05) is 19.0 Å². The highest BCUT2D eigenvalue weighted by molar-refractivity contribution is 5.85. The van der Waals surface area contributed by atoms with Crippen molar-refractivity contribution in [2.45, 2.75) is 31.7 Å². The van der Waals surface area contributed by atoms with Crippen LogP contribution in [0.4, 0.5) is 10.1 Å². The van der Waals surface area contributed by atoms with E-state index in [4.69, 9.17) is 9.47 Å². The minimum absolute atomic E-state index is 0.00104. The minimum atomic E-state index is -1.25. The molecule has 3 aromatic carbocycles. The summed E-state index contributed by atoms with van der Waals surface area (Å²) in [5.74, 6) is -1.36.